The fourth-order valence-corrected chi connectivity index (χ4v) is 1.94. The van der Waals surface area contributed by atoms with Crippen LogP contribution in [0.15, 0.2) is 22.8 Å². The third-order valence-electron chi connectivity index (χ3n) is 2.83. The molecule has 3 heteroatoms. The molecule has 86 valence electrons. The van der Waals surface area contributed by atoms with Crippen LogP contribution in [0.3, 0.4) is 0 Å². The Bertz CT molecular complexity index is 246. The van der Waals surface area contributed by atoms with Crippen molar-refractivity contribution in [1.82, 2.24) is 4.90 Å². The topological polar surface area (TPSA) is 42.4 Å². The molecule has 0 saturated carbocycles. The minimum Gasteiger partial charge on any atom is -0.468 e. The minimum absolute atomic E-state index is 0.574. The SMILES string of the molecule is CCC(CCN)N(CC)Cc1ccco1. The highest BCUT2D eigenvalue weighted by atomic mass is 16.3. The van der Waals surface area contributed by atoms with Crippen LogP contribution in [0, 0.1) is 0 Å². The molecule has 1 heterocycles. The lowest BCUT2D eigenvalue weighted by Crippen LogP contribution is -2.35. The summed E-state index contributed by atoms with van der Waals surface area (Å²) in [6, 6.07) is 4.54. The van der Waals surface area contributed by atoms with Crippen molar-refractivity contribution in [3.63, 3.8) is 0 Å². The highest BCUT2D eigenvalue weighted by molar-refractivity contribution is 4.98. The molecule has 2 N–H and O–H groups in total. The van der Waals surface area contributed by atoms with E-state index >= 15 is 0 Å². The van der Waals surface area contributed by atoms with E-state index in [-0.39, 0.29) is 0 Å². The fraction of sp³-hybridized carbons (Fsp3) is 0.667. The highest BCUT2D eigenvalue weighted by Gasteiger charge is 2.15. The molecule has 0 aliphatic rings. The van der Waals surface area contributed by atoms with Crippen LogP contribution in [0.25, 0.3) is 0 Å². The molecule has 0 spiro atoms. The summed E-state index contributed by atoms with van der Waals surface area (Å²) >= 11 is 0. The fourth-order valence-electron chi connectivity index (χ4n) is 1.94. The number of hydrogen-bond acceptors (Lipinski definition) is 3. The molecule has 1 unspecified atom stereocenters. The van der Waals surface area contributed by atoms with E-state index in [1.807, 2.05) is 12.1 Å². The van der Waals surface area contributed by atoms with Crippen molar-refractivity contribution in [1.29, 1.82) is 0 Å². The van der Waals surface area contributed by atoms with Crippen LogP contribution >= 0.6 is 0 Å². The molecule has 1 aromatic heterocycles. The molecule has 0 amide bonds. The smallest absolute Gasteiger partial charge is 0.117 e. The van der Waals surface area contributed by atoms with Crippen LogP contribution < -0.4 is 5.73 Å². The van der Waals surface area contributed by atoms with Gasteiger partial charge in [-0.3, -0.25) is 4.90 Å². The van der Waals surface area contributed by atoms with Gasteiger partial charge >= 0.3 is 0 Å². The van der Waals surface area contributed by atoms with Gasteiger partial charge in [0.1, 0.15) is 5.76 Å². The molecule has 1 atom stereocenters. The molecule has 0 aromatic carbocycles. The first-order valence-electron chi connectivity index (χ1n) is 5.78. The van der Waals surface area contributed by atoms with E-state index in [1.165, 1.54) is 0 Å². The van der Waals surface area contributed by atoms with E-state index in [9.17, 15) is 0 Å². The predicted octanol–water partition coefficient (Wildman–Crippen LogP) is 2.23. The van der Waals surface area contributed by atoms with Crippen molar-refractivity contribution in [2.75, 3.05) is 13.1 Å². The van der Waals surface area contributed by atoms with Gasteiger partial charge in [0.15, 0.2) is 0 Å². The van der Waals surface area contributed by atoms with Gasteiger partial charge in [0, 0.05) is 6.04 Å². The maximum absolute atomic E-state index is 5.62. The van der Waals surface area contributed by atoms with Crippen LogP contribution in [0.2, 0.25) is 0 Å². The van der Waals surface area contributed by atoms with Gasteiger partial charge in [0.2, 0.25) is 0 Å². The predicted molar refractivity (Wildman–Crippen MR) is 62.5 cm³/mol. The maximum Gasteiger partial charge on any atom is 0.117 e. The zero-order valence-electron chi connectivity index (χ0n) is 9.78. The van der Waals surface area contributed by atoms with Crippen molar-refractivity contribution >= 4 is 0 Å². The third kappa shape index (κ3) is 3.68. The summed E-state index contributed by atoms with van der Waals surface area (Å²) < 4.78 is 5.37. The molecule has 0 saturated heterocycles. The van der Waals surface area contributed by atoms with Crippen LogP contribution in [0.5, 0.6) is 0 Å². The van der Waals surface area contributed by atoms with E-state index in [0.29, 0.717) is 6.04 Å². The summed E-state index contributed by atoms with van der Waals surface area (Å²) in [4.78, 5) is 2.42. The Labute approximate surface area is 92.2 Å². The normalized spacial score (nSPS) is 13.3. The van der Waals surface area contributed by atoms with Crippen molar-refractivity contribution in [2.24, 2.45) is 5.73 Å². The van der Waals surface area contributed by atoms with Gasteiger partial charge in [0.25, 0.3) is 0 Å². The van der Waals surface area contributed by atoms with Gasteiger partial charge in [-0.15, -0.1) is 0 Å². The lowest BCUT2D eigenvalue weighted by molar-refractivity contribution is 0.171. The summed E-state index contributed by atoms with van der Waals surface area (Å²) in [6.07, 6.45) is 3.93. The number of hydrogen-bond donors (Lipinski definition) is 1. The van der Waals surface area contributed by atoms with Gasteiger partial charge in [-0.05, 0) is 38.1 Å². The molecule has 0 aliphatic carbocycles. The average molecular weight is 210 g/mol. The highest BCUT2D eigenvalue weighted by Crippen LogP contribution is 2.13. The standard InChI is InChI=1S/C12H22N2O/c1-3-11(7-8-13)14(4-2)10-12-6-5-9-15-12/h5-6,9,11H,3-4,7-8,10,13H2,1-2H3. The molecule has 1 aromatic rings. The largest absolute Gasteiger partial charge is 0.468 e. The first kappa shape index (κ1) is 12.3. The molecular formula is C12H22N2O. The zero-order valence-corrected chi connectivity index (χ0v) is 9.78. The van der Waals surface area contributed by atoms with Crippen LogP contribution in [0.1, 0.15) is 32.4 Å². The summed E-state index contributed by atoms with van der Waals surface area (Å²) in [7, 11) is 0. The van der Waals surface area contributed by atoms with Crippen molar-refractivity contribution in [3.05, 3.63) is 24.2 Å². The molecule has 15 heavy (non-hydrogen) atoms. The summed E-state index contributed by atoms with van der Waals surface area (Å²) in [5.41, 5.74) is 5.62. The molecule has 0 aliphatic heterocycles. The van der Waals surface area contributed by atoms with E-state index in [0.717, 1.165) is 38.2 Å². The molecule has 1 rings (SSSR count). The van der Waals surface area contributed by atoms with Crippen LogP contribution in [-0.4, -0.2) is 24.0 Å². The number of furan rings is 1. The van der Waals surface area contributed by atoms with E-state index in [2.05, 4.69) is 18.7 Å². The molecule has 0 fully saturated rings. The Hall–Kier alpha value is -0.800. The number of nitrogens with two attached hydrogens (primary N) is 1. The lowest BCUT2D eigenvalue weighted by atomic mass is 10.1. The van der Waals surface area contributed by atoms with Crippen LogP contribution in [-0.2, 0) is 6.54 Å². The Morgan fingerprint density at radius 1 is 1.47 bits per heavy atom. The lowest BCUT2D eigenvalue weighted by Gasteiger charge is -2.28. The van der Waals surface area contributed by atoms with Gasteiger partial charge in [-0.25, -0.2) is 0 Å². The van der Waals surface area contributed by atoms with Gasteiger partial charge < -0.3 is 10.2 Å². The average Bonchev–Trinajstić information content (AvgIpc) is 2.75. The quantitative estimate of drug-likeness (QED) is 0.750. The molecule has 0 bridgehead atoms. The first-order chi connectivity index (χ1) is 7.31. The monoisotopic (exact) mass is 210 g/mol. The third-order valence-corrected chi connectivity index (χ3v) is 2.83. The minimum atomic E-state index is 0.574. The van der Waals surface area contributed by atoms with E-state index in [1.54, 1.807) is 6.26 Å². The van der Waals surface area contributed by atoms with Crippen molar-refractivity contribution in [2.45, 2.75) is 39.3 Å². The van der Waals surface area contributed by atoms with E-state index in [4.69, 9.17) is 10.2 Å². The Morgan fingerprint density at radius 2 is 2.27 bits per heavy atom. The number of nitrogens with zero attached hydrogens (tertiary/aromatic N) is 1. The van der Waals surface area contributed by atoms with Crippen LogP contribution in [0.4, 0.5) is 0 Å². The Balaban J connectivity index is 2.53. The summed E-state index contributed by atoms with van der Waals surface area (Å²) in [5.74, 6) is 1.03. The van der Waals surface area contributed by atoms with E-state index < -0.39 is 0 Å². The van der Waals surface area contributed by atoms with Crippen molar-refractivity contribution < 1.29 is 4.42 Å². The zero-order chi connectivity index (χ0) is 11.1. The van der Waals surface area contributed by atoms with Gasteiger partial charge in [-0.1, -0.05) is 13.8 Å². The number of rotatable bonds is 7. The van der Waals surface area contributed by atoms with Gasteiger partial charge in [-0.2, -0.15) is 0 Å². The van der Waals surface area contributed by atoms with Crippen molar-refractivity contribution in [3.8, 4) is 0 Å². The van der Waals surface area contributed by atoms with Gasteiger partial charge in [0.05, 0.1) is 12.8 Å². The maximum atomic E-state index is 5.62. The molecule has 3 nitrogen and oxygen atoms in total. The first-order valence-corrected chi connectivity index (χ1v) is 5.78. The Morgan fingerprint density at radius 3 is 2.73 bits per heavy atom. The second-order valence-electron chi connectivity index (χ2n) is 3.78. The second kappa shape index (κ2) is 6.64. The molecule has 0 radical (unpaired) electrons. The second-order valence-corrected chi connectivity index (χ2v) is 3.78. The molecular weight excluding hydrogens is 188 g/mol. The summed E-state index contributed by atoms with van der Waals surface area (Å²) in [6.45, 7) is 7.08. The Kier molecular flexibility index (Phi) is 5.43. The summed E-state index contributed by atoms with van der Waals surface area (Å²) in [5, 5.41) is 0.